The summed E-state index contributed by atoms with van der Waals surface area (Å²) in [4.78, 5) is 24.9. The van der Waals surface area contributed by atoms with Crippen molar-refractivity contribution in [3.8, 4) is 0 Å². The molecule has 6 heteroatoms. The van der Waals surface area contributed by atoms with Crippen molar-refractivity contribution in [2.24, 2.45) is 11.8 Å². The molecule has 18 heavy (non-hydrogen) atoms. The summed E-state index contributed by atoms with van der Waals surface area (Å²) >= 11 is 1.56. The van der Waals surface area contributed by atoms with Crippen LogP contribution in [0, 0.1) is 11.8 Å². The van der Waals surface area contributed by atoms with Gasteiger partial charge in [0.15, 0.2) is 0 Å². The summed E-state index contributed by atoms with van der Waals surface area (Å²) in [6.07, 6.45) is 2.34. The standard InChI is InChI=1S/C12H20N2O3S/c1-7(2)10-14(9(6-18-10)11(15)16)12(17)13-5-8-3-4-8/h7-10H,3-6H2,1-2H3,(H,13,17)(H,15,16). The zero-order chi connectivity index (χ0) is 13.3. The Bertz CT molecular complexity index is 344. The summed E-state index contributed by atoms with van der Waals surface area (Å²) in [5.41, 5.74) is 0. The minimum Gasteiger partial charge on any atom is -0.480 e. The molecule has 2 unspecified atom stereocenters. The quantitative estimate of drug-likeness (QED) is 0.815. The number of carboxylic acids is 1. The third-order valence-corrected chi connectivity index (χ3v) is 4.98. The molecule has 0 spiro atoms. The van der Waals surface area contributed by atoms with E-state index < -0.39 is 12.0 Å². The molecule has 5 nitrogen and oxygen atoms in total. The lowest BCUT2D eigenvalue weighted by Gasteiger charge is -2.29. The molecule has 1 saturated heterocycles. The van der Waals surface area contributed by atoms with Crippen LogP contribution in [0.25, 0.3) is 0 Å². The van der Waals surface area contributed by atoms with Crippen molar-refractivity contribution in [3.63, 3.8) is 0 Å². The lowest BCUT2D eigenvalue weighted by atomic mass is 10.2. The van der Waals surface area contributed by atoms with Crippen molar-refractivity contribution in [1.82, 2.24) is 10.2 Å². The smallest absolute Gasteiger partial charge is 0.327 e. The Morgan fingerprint density at radius 1 is 1.44 bits per heavy atom. The van der Waals surface area contributed by atoms with Gasteiger partial charge in [-0.05, 0) is 24.7 Å². The molecule has 2 rings (SSSR count). The minimum absolute atomic E-state index is 0.0368. The van der Waals surface area contributed by atoms with E-state index in [-0.39, 0.29) is 17.3 Å². The molecule has 0 radical (unpaired) electrons. The highest BCUT2D eigenvalue weighted by atomic mass is 32.2. The summed E-state index contributed by atoms with van der Waals surface area (Å²) < 4.78 is 0. The van der Waals surface area contributed by atoms with Crippen LogP contribution in [0.3, 0.4) is 0 Å². The van der Waals surface area contributed by atoms with Gasteiger partial charge < -0.3 is 10.4 Å². The van der Waals surface area contributed by atoms with Crippen molar-refractivity contribution >= 4 is 23.8 Å². The van der Waals surface area contributed by atoms with E-state index in [9.17, 15) is 14.7 Å². The van der Waals surface area contributed by atoms with Crippen molar-refractivity contribution in [2.75, 3.05) is 12.3 Å². The highest BCUT2D eigenvalue weighted by Crippen LogP contribution is 2.34. The van der Waals surface area contributed by atoms with Gasteiger partial charge in [0.25, 0.3) is 0 Å². The third-order valence-electron chi connectivity index (χ3n) is 3.36. The number of carboxylic acid groups (broad SMARTS) is 1. The Morgan fingerprint density at radius 3 is 2.61 bits per heavy atom. The second-order valence-corrected chi connectivity index (χ2v) is 6.51. The number of amides is 2. The van der Waals surface area contributed by atoms with Crippen molar-refractivity contribution in [2.45, 2.75) is 38.1 Å². The van der Waals surface area contributed by atoms with Gasteiger partial charge in [-0.3, -0.25) is 4.90 Å². The second kappa shape index (κ2) is 5.38. The van der Waals surface area contributed by atoms with E-state index in [1.807, 2.05) is 13.8 Å². The fourth-order valence-electron chi connectivity index (χ4n) is 2.13. The van der Waals surface area contributed by atoms with E-state index in [0.29, 0.717) is 18.2 Å². The van der Waals surface area contributed by atoms with Gasteiger partial charge in [-0.15, -0.1) is 11.8 Å². The molecule has 2 aliphatic rings. The van der Waals surface area contributed by atoms with E-state index in [0.717, 1.165) is 0 Å². The number of carbonyl (C=O) groups is 2. The molecule has 2 atom stereocenters. The predicted octanol–water partition coefficient (Wildman–Crippen LogP) is 1.59. The molecule has 0 aromatic rings. The van der Waals surface area contributed by atoms with Crippen LogP contribution in [0.15, 0.2) is 0 Å². The monoisotopic (exact) mass is 272 g/mol. The van der Waals surface area contributed by atoms with E-state index in [2.05, 4.69) is 5.32 Å². The number of rotatable bonds is 4. The van der Waals surface area contributed by atoms with Crippen LogP contribution in [0.4, 0.5) is 4.79 Å². The molecular formula is C12H20N2O3S. The maximum absolute atomic E-state index is 12.1. The molecular weight excluding hydrogens is 252 g/mol. The van der Waals surface area contributed by atoms with Crippen LogP contribution in [-0.2, 0) is 4.79 Å². The van der Waals surface area contributed by atoms with Crippen LogP contribution in [0.5, 0.6) is 0 Å². The summed E-state index contributed by atoms with van der Waals surface area (Å²) in [5.74, 6) is 0.429. The Morgan fingerprint density at radius 2 is 2.11 bits per heavy atom. The van der Waals surface area contributed by atoms with Gasteiger partial charge in [0.05, 0.1) is 5.37 Å². The van der Waals surface area contributed by atoms with Crippen LogP contribution in [-0.4, -0.2) is 45.7 Å². The third kappa shape index (κ3) is 2.91. The Balaban J connectivity index is 2.01. The van der Waals surface area contributed by atoms with E-state index >= 15 is 0 Å². The van der Waals surface area contributed by atoms with E-state index in [1.54, 1.807) is 11.8 Å². The molecule has 1 aliphatic heterocycles. The van der Waals surface area contributed by atoms with Gasteiger partial charge in [-0.1, -0.05) is 13.8 Å². The zero-order valence-electron chi connectivity index (χ0n) is 10.8. The molecule has 0 aromatic heterocycles. The average molecular weight is 272 g/mol. The van der Waals surface area contributed by atoms with E-state index in [1.165, 1.54) is 17.7 Å². The van der Waals surface area contributed by atoms with Crippen LogP contribution in [0.2, 0.25) is 0 Å². The van der Waals surface area contributed by atoms with Crippen LogP contribution >= 0.6 is 11.8 Å². The maximum atomic E-state index is 12.1. The Kier molecular flexibility index (Phi) is 4.04. The number of nitrogens with zero attached hydrogens (tertiary/aromatic N) is 1. The molecule has 102 valence electrons. The maximum Gasteiger partial charge on any atom is 0.327 e. The lowest BCUT2D eigenvalue weighted by molar-refractivity contribution is -0.141. The van der Waals surface area contributed by atoms with E-state index in [4.69, 9.17) is 0 Å². The van der Waals surface area contributed by atoms with Gasteiger partial charge in [0, 0.05) is 12.3 Å². The second-order valence-electron chi connectivity index (χ2n) is 5.36. The SMILES string of the molecule is CC(C)C1SCC(C(=O)O)N1C(=O)NCC1CC1. The first kappa shape index (κ1) is 13.5. The number of thioether (sulfide) groups is 1. The first-order chi connectivity index (χ1) is 8.50. The van der Waals surface area contributed by atoms with Crippen LogP contribution in [0.1, 0.15) is 26.7 Å². The zero-order valence-corrected chi connectivity index (χ0v) is 11.6. The van der Waals surface area contributed by atoms with Crippen molar-refractivity contribution in [3.05, 3.63) is 0 Å². The minimum atomic E-state index is -0.910. The summed E-state index contributed by atoms with van der Waals surface area (Å²) in [7, 11) is 0. The fourth-order valence-corrected chi connectivity index (χ4v) is 3.60. The first-order valence-corrected chi connectivity index (χ1v) is 7.46. The molecule has 1 heterocycles. The molecule has 1 aliphatic carbocycles. The molecule has 0 aromatic carbocycles. The number of urea groups is 1. The van der Waals surface area contributed by atoms with Gasteiger partial charge in [-0.25, -0.2) is 9.59 Å². The Hall–Kier alpha value is -0.910. The lowest BCUT2D eigenvalue weighted by Crippen LogP contribution is -2.51. The van der Waals surface area contributed by atoms with Gasteiger partial charge in [0.1, 0.15) is 6.04 Å². The Labute approximate surface area is 111 Å². The summed E-state index contributed by atoms with van der Waals surface area (Å²) in [5, 5.41) is 12.0. The van der Waals surface area contributed by atoms with Gasteiger partial charge in [0.2, 0.25) is 0 Å². The highest BCUT2D eigenvalue weighted by molar-refractivity contribution is 8.00. The molecule has 1 saturated carbocycles. The highest BCUT2D eigenvalue weighted by Gasteiger charge is 2.43. The van der Waals surface area contributed by atoms with Crippen LogP contribution < -0.4 is 5.32 Å². The first-order valence-electron chi connectivity index (χ1n) is 6.41. The molecule has 2 amide bonds. The normalized spacial score (nSPS) is 27.6. The molecule has 2 N–H and O–H groups in total. The summed E-state index contributed by atoms with van der Waals surface area (Å²) in [6.45, 7) is 4.71. The topological polar surface area (TPSA) is 69.6 Å². The van der Waals surface area contributed by atoms with Crippen molar-refractivity contribution < 1.29 is 14.7 Å². The number of nitrogens with one attached hydrogen (secondary N) is 1. The fraction of sp³-hybridized carbons (Fsp3) is 0.833. The largest absolute Gasteiger partial charge is 0.480 e. The number of hydrogen-bond donors (Lipinski definition) is 2. The number of carbonyl (C=O) groups excluding carboxylic acids is 1. The number of aliphatic carboxylic acids is 1. The predicted molar refractivity (Wildman–Crippen MR) is 70.5 cm³/mol. The number of hydrogen-bond acceptors (Lipinski definition) is 3. The van der Waals surface area contributed by atoms with Gasteiger partial charge in [-0.2, -0.15) is 0 Å². The molecule has 0 bridgehead atoms. The van der Waals surface area contributed by atoms with Gasteiger partial charge >= 0.3 is 12.0 Å². The average Bonchev–Trinajstić information content (AvgIpc) is 3.00. The molecule has 2 fully saturated rings. The van der Waals surface area contributed by atoms with Crippen molar-refractivity contribution in [1.29, 1.82) is 0 Å². The summed E-state index contributed by atoms with van der Waals surface area (Å²) in [6, 6.07) is -0.917.